The average molecular weight is 214 g/mol. The lowest BCUT2D eigenvalue weighted by atomic mass is 9.96. The van der Waals surface area contributed by atoms with E-state index in [1.165, 1.54) is 5.56 Å². The van der Waals surface area contributed by atoms with Crippen molar-refractivity contribution in [1.29, 1.82) is 0 Å². The third-order valence-electron chi connectivity index (χ3n) is 3.31. The summed E-state index contributed by atoms with van der Waals surface area (Å²) in [5.74, 6) is 1.14. The van der Waals surface area contributed by atoms with Crippen molar-refractivity contribution in [3.63, 3.8) is 0 Å². The van der Waals surface area contributed by atoms with Crippen molar-refractivity contribution in [2.45, 2.75) is 24.8 Å². The van der Waals surface area contributed by atoms with Crippen LogP contribution in [0.3, 0.4) is 0 Å². The third-order valence-corrected chi connectivity index (χ3v) is 3.31. The Morgan fingerprint density at radius 3 is 3.12 bits per heavy atom. The second-order valence-corrected chi connectivity index (χ2v) is 4.23. The highest BCUT2D eigenvalue weighted by Gasteiger charge is 2.30. The maximum Gasteiger partial charge on any atom is 0.121 e. The number of hydrogen-bond acceptors (Lipinski definition) is 3. The molecule has 2 N–H and O–H groups in total. The van der Waals surface area contributed by atoms with Crippen molar-refractivity contribution in [3.05, 3.63) is 53.7 Å². The SMILES string of the molecule is NC(c1ccco1)C1CCc2cccnc21. The van der Waals surface area contributed by atoms with Crippen LogP contribution < -0.4 is 5.73 Å². The Morgan fingerprint density at radius 1 is 1.38 bits per heavy atom. The number of fused-ring (bicyclic) bond motifs is 1. The van der Waals surface area contributed by atoms with Gasteiger partial charge in [-0.3, -0.25) is 4.98 Å². The lowest BCUT2D eigenvalue weighted by Crippen LogP contribution is -2.18. The van der Waals surface area contributed by atoms with Crippen LogP contribution in [0.1, 0.15) is 35.4 Å². The number of nitrogens with two attached hydrogens (primary N) is 1. The predicted octanol–water partition coefficient (Wildman–Crippen LogP) is 2.40. The smallest absolute Gasteiger partial charge is 0.121 e. The van der Waals surface area contributed by atoms with Gasteiger partial charge in [-0.25, -0.2) is 0 Å². The molecular formula is C13H14N2O. The van der Waals surface area contributed by atoms with Gasteiger partial charge >= 0.3 is 0 Å². The van der Waals surface area contributed by atoms with Crippen molar-refractivity contribution >= 4 is 0 Å². The largest absolute Gasteiger partial charge is 0.468 e. The lowest BCUT2D eigenvalue weighted by molar-refractivity contribution is 0.419. The fraction of sp³-hybridized carbons (Fsp3) is 0.308. The number of hydrogen-bond donors (Lipinski definition) is 1. The summed E-state index contributed by atoms with van der Waals surface area (Å²) in [5, 5.41) is 0. The fourth-order valence-corrected chi connectivity index (χ4v) is 2.47. The van der Waals surface area contributed by atoms with Crippen LogP contribution in [0.25, 0.3) is 0 Å². The normalized spacial score (nSPS) is 20.7. The van der Waals surface area contributed by atoms with E-state index in [-0.39, 0.29) is 6.04 Å². The molecule has 0 aliphatic heterocycles. The first-order valence-electron chi connectivity index (χ1n) is 5.59. The summed E-state index contributed by atoms with van der Waals surface area (Å²) in [7, 11) is 0. The van der Waals surface area contributed by atoms with Gasteiger partial charge in [0.15, 0.2) is 0 Å². The van der Waals surface area contributed by atoms with Crippen LogP contribution in [0, 0.1) is 0 Å². The van der Waals surface area contributed by atoms with Crippen LogP contribution in [-0.4, -0.2) is 4.98 Å². The molecule has 0 amide bonds. The maximum atomic E-state index is 6.23. The van der Waals surface area contributed by atoms with Crippen LogP contribution in [-0.2, 0) is 6.42 Å². The Bertz CT molecular complexity index is 478. The van der Waals surface area contributed by atoms with E-state index in [0.29, 0.717) is 5.92 Å². The highest BCUT2D eigenvalue weighted by molar-refractivity contribution is 5.31. The molecule has 2 aromatic heterocycles. The summed E-state index contributed by atoms with van der Waals surface area (Å²) in [6, 6.07) is 7.86. The molecule has 0 radical (unpaired) electrons. The third kappa shape index (κ3) is 1.44. The Hall–Kier alpha value is -1.61. The second-order valence-electron chi connectivity index (χ2n) is 4.23. The van der Waals surface area contributed by atoms with E-state index in [2.05, 4.69) is 11.1 Å². The van der Waals surface area contributed by atoms with Gasteiger partial charge in [-0.05, 0) is 36.6 Å². The van der Waals surface area contributed by atoms with E-state index in [4.69, 9.17) is 10.2 Å². The van der Waals surface area contributed by atoms with Gasteiger partial charge in [0, 0.05) is 17.8 Å². The summed E-state index contributed by atoms with van der Waals surface area (Å²) in [6.07, 6.45) is 5.64. The first-order chi connectivity index (χ1) is 7.86. The molecule has 0 saturated carbocycles. The van der Waals surface area contributed by atoms with E-state index in [9.17, 15) is 0 Å². The van der Waals surface area contributed by atoms with Crippen molar-refractivity contribution < 1.29 is 4.42 Å². The fourth-order valence-electron chi connectivity index (χ4n) is 2.47. The van der Waals surface area contributed by atoms with Gasteiger partial charge in [-0.2, -0.15) is 0 Å². The molecule has 2 aromatic rings. The molecule has 3 nitrogen and oxygen atoms in total. The van der Waals surface area contributed by atoms with Crippen molar-refractivity contribution in [2.75, 3.05) is 0 Å². The second kappa shape index (κ2) is 3.76. The molecular weight excluding hydrogens is 200 g/mol. The molecule has 0 fully saturated rings. The highest BCUT2D eigenvalue weighted by Crippen LogP contribution is 2.38. The molecule has 0 bridgehead atoms. The van der Waals surface area contributed by atoms with Crippen LogP contribution in [0.4, 0.5) is 0 Å². The molecule has 82 valence electrons. The molecule has 2 atom stereocenters. The minimum absolute atomic E-state index is 0.0776. The Morgan fingerprint density at radius 2 is 2.31 bits per heavy atom. The zero-order chi connectivity index (χ0) is 11.0. The molecule has 3 rings (SSSR count). The number of furan rings is 1. The van der Waals surface area contributed by atoms with Gasteiger partial charge in [-0.15, -0.1) is 0 Å². The average Bonchev–Trinajstić information content (AvgIpc) is 2.98. The minimum atomic E-state index is -0.0776. The van der Waals surface area contributed by atoms with Gasteiger partial charge < -0.3 is 10.2 Å². The summed E-state index contributed by atoms with van der Waals surface area (Å²) < 4.78 is 5.37. The molecule has 0 aromatic carbocycles. The molecule has 1 aliphatic carbocycles. The van der Waals surface area contributed by atoms with Crippen LogP contribution >= 0.6 is 0 Å². The number of aromatic nitrogens is 1. The number of pyridine rings is 1. The minimum Gasteiger partial charge on any atom is -0.468 e. The Balaban J connectivity index is 1.93. The van der Waals surface area contributed by atoms with Gasteiger partial charge in [0.1, 0.15) is 5.76 Å². The molecule has 3 heteroatoms. The molecule has 0 spiro atoms. The van der Waals surface area contributed by atoms with E-state index >= 15 is 0 Å². The topological polar surface area (TPSA) is 52.0 Å². The summed E-state index contributed by atoms with van der Waals surface area (Å²) >= 11 is 0. The van der Waals surface area contributed by atoms with Crippen molar-refractivity contribution in [2.24, 2.45) is 5.73 Å². The van der Waals surface area contributed by atoms with E-state index in [0.717, 1.165) is 24.3 Å². The van der Waals surface area contributed by atoms with Gasteiger partial charge in [0.25, 0.3) is 0 Å². The van der Waals surface area contributed by atoms with Crippen LogP contribution in [0.5, 0.6) is 0 Å². The molecule has 16 heavy (non-hydrogen) atoms. The van der Waals surface area contributed by atoms with Crippen molar-refractivity contribution in [3.8, 4) is 0 Å². The number of aryl methyl sites for hydroxylation is 1. The standard InChI is InChI=1S/C13H14N2O/c14-12(11-4-2-8-16-11)10-6-5-9-3-1-7-15-13(9)10/h1-4,7-8,10,12H,5-6,14H2. The van der Waals surface area contributed by atoms with E-state index in [1.54, 1.807) is 6.26 Å². The Kier molecular flexibility index (Phi) is 2.26. The highest BCUT2D eigenvalue weighted by atomic mass is 16.3. The summed E-state index contributed by atoms with van der Waals surface area (Å²) in [6.45, 7) is 0. The first kappa shape index (κ1) is 9.60. The van der Waals surface area contributed by atoms with Gasteiger partial charge in [-0.1, -0.05) is 6.07 Å². The molecule has 0 saturated heterocycles. The molecule has 2 heterocycles. The number of rotatable bonds is 2. The monoisotopic (exact) mass is 214 g/mol. The van der Waals surface area contributed by atoms with E-state index < -0.39 is 0 Å². The quantitative estimate of drug-likeness (QED) is 0.835. The first-order valence-corrected chi connectivity index (χ1v) is 5.59. The molecule has 1 aliphatic rings. The molecule has 2 unspecified atom stereocenters. The Labute approximate surface area is 94.3 Å². The zero-order valence-electron chi connectivity index (χ0n) is 8.97. The van der Waals surface area contributed by atoms with Crippen molar-refractivity contribution in [1.82, 2.24) is 4.98 Å². The van der Waals surface area contributed by atoms with Crippen LogP contribution in [0.2, 0.25) is 0 Å². The number of nitrogens with zero attached hydrogens (tertiary/aromatic N) is 1. The van der Waals surface area contributed by atoms with Gasteiger partial charge in [0.05, 0.1) is 12.3 Å². The predicted molar refractivity (Wildman–Crippen MR) is 60.9 cm³/mol. The summed E-state index contributed by atoms with van der Waals surface area (Å²) in [4.78, 5) is 4.45. The van der Waals surface area contributed by atoms with Gasteiger partial charge in [0.2, 0.25) is 0 Å². The lowest BCUT2D eigenvalue weighted by Gasteiger charge is -2.17. The summed E-state index contributed by atoms with van der Waals surface area (Å²) in [5.41, 5.74) is 8.70. The zero-order valence-corrected chi connectivity index (χ0v) is 8.97. The van der Waals surface area contributed by atoms with E-state index in [1.807, 2.05) is 24.4 Å². The van der Waals surface area contributed by atoms with Crippen LogP contribution in [0.15, 0.2) is 41.1 Å². The maximum absolute atomic E-state index is 6.23.